The number of carbonyl (C=O) groups excluding carboxylic acids is 4. The standard InChI is InChI=1S/C23H28N2O6.C15H23NO3.C3H5ClO2/c1-16(31-23(2,3)4)21(20(26)15-10-17-8-6-5-7-9-17)24-22(27)30-19-13-11-18(12-14-19)25(28)29;1-11(19-15(2,3)4)13(16)14(17)18-10-12-8-6-5-7-9-12;1-2-6-3(4)5/h5-9,11-14,16,21H,10,15H2,1-4H3,(H,24,27);5-9,11,13H,10,16H2,1-4H3;2H2,1H3/t16?,21-;11?,13-;/m00./s1. The minimum Gasteiger partial charge on any atom is -0.460 e. The molecule has 56 heavy (non-hydrogen) atoms. The molecule has 14 nitrogen and oxygen atoms in total. The number of nitrogens with one attached hydrogen (secondary N) is 1. The maximum absolute atomic E-state index is 12.9. The number of benzene rings is 3. The summed E-state index contributed by atoms with van der Waals surface area (Å²) < 4.78 is 26.1. The minimum atomic E-state index is -0.909. The Bertz CT molecular complexity index is 1650. The summed E-state index contributed by atoms with van der Waals surface area (Å²) in [7, 11) is 0. The molecule has 0 bridgehead atoms. The van der Waals surface area contributed by atoms with E-state index in [1.54, 1.807) is 20.8 Å². The molecule has 0 aliphatic rings. The molecule has 308 valence electrons. The molecule has 2 unspecified atom stereocenters. The van der Waals surface area contributed by atoms with Crippen molar-refractivity contribution in [2.75, 3.05) is 6.61 Å². The number of nitrogens with two attached hydrogens (primary N) is 1. The third-order valence-electron chi connectivity index (χ3n) is 7.19. The number of esters is 1. The molecule has 0 aliphatic carbocycles. The summed E-state index contributed by atoms with van der Waals surface area (Å²) in [6.07, 6.45) is -1.05. The number of nitrogens with zero attached hydrogens (tertiary/aromatic N) is 1. The van der Waals surface area contributed by atoms with E-state index in [1.165, 1.54) is 24.3 Å². The molecule has 3 aromatic rings. The topological polar surface area (TPSA) is 196 Å². The summed E-state index contributed by atoms with van der Waals surface area (Å²) in [5, 5.41) is 13.3. The van der Waals surface area contributed by atoms with E-state index in [1.807, 2.05) is 102 Å². The van der Waals surface area contributed by atoms with Crippen LogP contribution < -0.4 is 15.8 Å². The van der Waals surface area contributed by atoms with Crippen molar-refractivity contribution in [3.05, 3.63) is 106 Å². The third-order valence-corrected chi connectivity index (χ3v) is 7.30. The minimum absolute atomic E-state index is 0.117. The molecule has 0 saturated heterocycles. The lowest BCUT2D eigenvalue weighted by Crippen LogP contribution is -2.51. The zero-order valence-corrected chi connectivity index (χ0v) is 34.4. The zero-order chi connectivity index (χ0) is 42.5. The van der Waals surface area contributed by atoms with Crippen LogP contribution >= 0.6 is 11.6 Å². The Hall–Kier alpha value is -4.89. The molecule has 1 amide bonds. The largest absolute Gasteiger partial charge is 0.460 e. The Labute approximate surface area is 334 Å². The smallest absolute Gasteiger partial charge is 0.413 e. The Kier molecular flexibility index (Phi) is 21.6. The molecule has 0 aliphatic heterocycles. The van der Waals surface area contributed by atoms with Crippen LogP contribution in [0.1, 0.15) is 79.9 Å². The summed E-state index contributed by atoms with van der Waals surface area (Å²) in [6, 6.07) is 22.5. The summed E-state index contributed by atoms with van der Waals surface area (Å²) in [5.74, 6) is -0.496. The van der Waals surface area contributed by atoms with Gasteiger partial charge in [0.05, 0.1) is 34.9 Å². The maximum Gasteiger partial charge on any atom is 0.413 e. The second-order valence-electron chi connectivity index (χ2n) is 14.4. The predicted octanol–water partition coefficient (Wildman–Crippen LogP) is 8.10. The molecule has 0 aromatic heterocycles. The summed E-state index contributed by atoms with van der Waals surface area (Å²) in [6.45, 7) is 17.1. The normalized spacial score (nSPS) is 13.1. The Morgan fingerprint density at radius 1 is 0.786 bits per heavy atom. The first-order valence-electron chi connectivity index (χ1n) is 18.0. The van der Waals surface area contributed by atoms with Gasteiger partial charge in [-0.25, -0.2) is 9.59 Å². The van der Waals surface area contributed by atoms with Crippen molar-refractivity contribution in [3.63, 3.8) is 0 Å². The molecular weight excluding hydrogens is 746 g/mol. The number of non-ortho nitro benzene ring substituents is 1. The van der Waals surface area contributed by atoms with Crippen LogP contribution in [0, 0.1) is 10.1 Å². The van der Waals surface area contributed by atoms with E-state index in [0.29, 0.717) is 13.0 Å². The summed E-state index contributed by atoms with van der Waals surface area (Å²) in [4.78, 5) is 56.9. The van der Waals surface area contributed by atoms with Crippen LogP contribution in [0.25, 0.3) is 0 Å². The highest BCUT2D eigenvalue weighted by Crippen LogP contribution is 2.19. The van der Waals surface area contributed by atoms with Gasteiger partial charge in [-0.3, -0.25) is 19.7 Å². The third kappa shape index (κ3) is 21.9. The molecule has 0 spiro atoms. The second-order valence-corrected chi connectivity index (χ2v) is 14.7. The number of nitro benzene ring substituents is 1. The van der Waals surface area contributed by atoms with Crippen molar-refractivity contribution in [3.8, 4) is 5.75 Å². The molecule has 4 atom stereocenters. The molecule has 3 N–H and O–H groups in total. The first-order chi connectivity index (χ1) is 26.1. The van der Waals surface area contributed by atoms with Crippen molar-refractivity contribution >= 4 is 40.6 Å². The fourth-order valence-electron chi connectivity index (χ4n) is 4.81. The lowest BCUT2D eigenvalue weighted by Gasteiger charge is -2.30. The molecule has 0 saturated carbocycles. The van der Waals surface area contributed by atoms with Gasteiger partial charge in [0.1, 0.15) is 24.4 Å². The number of ketones is 1. The molecule has 3 rings (SSSR count). The number of hydrogen-bond acceptors (Lipinski definition) is 12. The lowest BCUT2D eigenvalue weighted by atomic mass is 9.99. The molecule has 0 radical (unpaired) electrons. The first kappa shape index (κ1) is 49.1. The van der Waals surface area contributed by atoms with E-state index >= 15 is 0 Å². The number of hydrogen-bond donors (Lipinski definition) is 2. The van der Waals surface area contributed by atoms with Gasteiger partial charge in [0.15, 0.2) is 5.78 Å². The number of Topliss-reactive ketones (excluding diaryl/α,β-unsaturated/α-hetero) is 1. The van der Waals surface area contributed by atoms with Gasteiger partial charge < -0.3 is 34.7 Å². The number of halogens is 1. The van der Waals surface area contributed by atoms with E-state index in [4.69, 9.17) is 36.3 Å². The highest BCUT2D eigenvalue weighted by atomic mass is 35.5. The number of rotatable bonds is 15. The van der Waals surface area contributed by atoms with Gasteiger partial charge in [-0.05, 0) is 92.0 Å². The van der Waals surface area contributed by atoms with Gasteiger partial charge in [-0.15, -0.1) is 0 Å². The molecule has 0 heterocycles. The first-order valence-corrected chi connectivity index (χ1v) is 18.4. The number of nitro groups is 1. The zero-order valence-electron chi connectivity index (χ0n) is 33.6. The molecule has 15 heteroatoms. The van der Waals surface area contributed by atoms with Crippen LogP contribution in [0.4, 0.5) is 15.3 Å². The van der Waals surface area contributed by atoms with Crippen LogP contribution in [0.15, 0.2) is 84.9 Å². The number of amides is 1. The highest BCUT2D eigenvalue weighted by Gasteiger charge is 2.31. The number of ether oxygens (including phenoxy) is 5. The predicted molar refractivity (Wildman–Crippen MR) is 214 cm³/mol. The van der Waals surface area contributed by atoms with Crippen LogP contribution in [-0.2, 0) is 41.6 Å². The number of aryl methyl sites for hydroxylation is 1. The maximum atomic E-state index is 12.9. The fraction of sp³-hybridized carbons (Fsp3) is 0.463. The van der Waals surface area contributed by atoms with Crippen LogP contribution in [0.2, 0.25) is 0 Å². The fourth-order valence-corrected chi connectivity index (χ4v) is 4.92. The highest BCUT2D eigenvalue weighted by molar-refractivity contribution is 6.61. The van der Waals surface area contributed by atoms with Crippen LogP contribution in [-0.4, -0.2) is 70.3 Å². The van der Waals surface area contributed by atoms with Gasteiger partial charge in [-0.2, -0.15) is 0 Å². The van der Waals surface area contributed by atoms with Crippen LogP contribution in [0.3, 0.4) is 0 Å². The van der Waals surface area contributed by atoms with Crippen molar-refractivity contribution in [1.82, 2.24) is 5.32 Å². The average molecular weight is 802 g/mol. The van der Waals surface area contributed by atoms with Crippen molar-refractivity contribution in [2.24, 2.45) is 5.73 Å². The van der Waals surface area contributed by atoms with Crippen molar-refractivity contribution in [1.29, 1.82) is 0 Å². The van der Waals surface area contributed by atoms with Gasteiger partial charge in [0.2, 0.25) is 0 Å². The SMILES string of the molecule is CC(OC(C)(C)C)[C@H](N)C(=O)OCc1ccccc1.CC(OC(C)(C)C)[C@H](NC(=O)Oc1ccc([N+](=O)[O-])cc1)C(=O)CCc1ccccc1.CCOC(=O)Cl. The van der Waals surface area contributed by atoms with E-state index in [0.717, 1.165) is 11.1 Å². The van der Waals surface area contributed by atoms with E-state index in [9.17, 15) is 29.3 Å². The Balaban J connectivity index is 0.000000530. The van der Waals surface area contributed by atoms with Gasteiger partial charge >= 0.3 is 17.5 Å². The lowest BCUT2D eigenvalue weighted by molar-refractivity contribution is -0.384. The molecular formula is C41H56ClN3O11. The summed E-state index contributed by atoms with van der Waals surface area (Å²) >= 11 is 4.72. The quantitative estimate of drug-likeness (QED) is 0.0650. The van der Waals surface area contributed by atoms with E-state index in [-0.39, 0.29) is 42.0 Å². The van der Waals surface area contributed by atoms with Gasteiger partial charge in [0.25, 0.3) is 5.69 Å². The van der Waals surface area contributed by atoms with E-state index < -0.39 is 46.2 Å². The molecule has 3 aromatic carbocycles. The number of carbonyl (C=O) groups is 4. The van der Waals surface area contributed by atoms with Crippen LogP contribution in [0.5, 0.6) is 5.75 Å². The van der Waals surface area contributed by atoms with Gasteiger partial charge in [-0.1, -0.05) is 60.7 Å². The summed E-state index contributed by atoms with van der Waals surface area (Å²) in [5.41, 5.74) is 6.09. The Morgan fingerprint density at radius 2 is 1.29 bits per heavy atom. The molecule has 0 fully saturated rings. The monoisotopic (exact) mass is 801 g/mol. The van der Waals surface area contributed by atoms with Crippen molar-refractivity contribution < 1.29 is 47.8 Å². The second kappa shape index (κ2) is 24.6. The average Bonchev–Trinajstić information content (AvgIpc) is 3.11. The van der Waals surface area contributed by atoms with Gasteiger partial charge in [0, 0.05) is 30.2 Å². The Morgan fingerprint density at radius 3 is 1.73 bits per heavy atom. The van der Waals surface area contributed by atoms with E-state index in [2.05, 4.69) is 10.1 Å². The van der Waals surface area contributed by atoms with Crippen molar-refractivity contribution in [2.45, 2.75) is 117 Å².